The molecule has 1 heterocycles. The molecule has 1 heteroatoms. The normalized spacial score (nSPS) is 19.4. The SMILES string of the molecule is C=[n+]1ccccc1=C1C=CC(C)=CC1. The van der Waals surface area contributed by atoms with Gasteiger partial charge < -0.3 is 0 Å². The minimum absolute atomic E-state index is 1.00. The van der Waals surface area contributed by atoms with Crippen LogP contribution in [-0.2, 0) is 0 Å². The molecule has 0 unspecified atom stereocenters. The van der Waals surface area contributed by atoms with E-state index >= 15 is 0 Å². The second-order valence-electron chi connectivity index (χ2n) is 3.57. The Morgan fingerprint density at radius 2 is 2.14 bits per heavy atom. The first-order valence-electron chi connectivity index (χ1n) is 4.80. The van der Waals surface area contributed by atoms with Crippen LogP contribution in [0.5, 0.6) is 0 Å². The van der Waals surface area contributed by atoms with Gasteiger partial charge in [0.1, 0.15) is 6.72 Å². The molecule has 0 fully saturated rings. The van der Waals surface area contributed by atoms with E-state index in [0.717, 1.165) is 6.42 Å². The molecule has 0 N–H and O–H groups in total. The summed E-state index contributed by atoms with van der Waals surface area (Å²) in [6.45, 7) is 6.08. The van der Waals surface area contributed by atoms with Gasteiger partial charge in [0, 0.05) is 17.7 Å². The summed E-state index contributed by atoms with van der Waals surface area (Å²) < 4.78 is 1.91. The minimum atomic E-state index is 1.00. The Balaban J connectivity index is 2.60. The van der Waals surface area contributed by atoms with Crippen molar-refractivity contribution in [2.75, 3.05) is 0 Å². The topological polar surface area (TPSA) is 5.90 Å². The number of allylic oxidation sites excluding steroid dienone is 4. The Labute approximate surface area is 84.1 Å². The molecule has 0 saturated heterocycles. The number of pyridine rings is 1. The smallest absolute Gasteiger partial charge is 0.174 e. The lowest BCUT2D eigenvalue weighted by molar-refractivity contribution is -0.514. The van der Waals surface area contributed by atoms with E-state index in [-0.39, 0.29) is 0 Å². The van der Waals surface area contributed by atoms with Crippen molar-refractivity contribution in [1.82, 2.24) is 0 Å². The molecule has 0 aliphatic heterocycles. The first kappa shape index (κ1) is 8.95. The summed E-state index contributed by atoms with van der Waals surface area (Å²) in [4.78, 5) is 0. The van der Waals surface area contributed by atoms with Gasteiger partial charge in [-0.25, -0.2) is 0 Å². The molecule has 1 aliphatic rings. The highest BCUT2D eigenvalue weighted by atomic mass is 14.8. The van der Waals surface area contributed by atoms with Crippen molar-refractivity contribution in [2.45, 2.75) is 13.3 Å². The Morgan fingerprint density at radius 3 is 2.79 bits per heavy atom. The number of nitrogens with zero attached hydrogens (tertiary/aromatic N) is 1. The average Bonchev–Trinajstić information content (AvgIpc) is 2.20. The first-order valence-corrected chi connectivity index (χ1v) is 4.80. The third kappa shape index (κ3) is 1.67. The summed E-state index contributed by atoms with van der Waals surface area (Å²) in [6.07, 6.45) is 9.53. The first-order chi connectivity index (χ1) is 6.77. The van der Waals surface area contributed by atoms with Crippen molar-refractivity contribution < 1.29 is 4.24 Å². The maximum absolute atomic E-state index is 3.96. The molecule has 0 bridgehead atoms. The van der Waals surface area contributed by atoms with E-state index < -0.39 is 0 Å². The molecule has 1 aromatic rings. The summed E-state index contributed by atoms with van der Waals surface area (Å²) in [6, 6.07) is 6.13. The molecular weight excluding hydrogens is 170 g/mol. The molecule has 0 aromatic carbocycles. The van der Waals surface area contributed by atoms with Crippen LogP contribution in [0.4, 0.5) is 0 Å². The summed E-state index contributed by atoms with van der Waals surface area (Å²) >= 11 is 0. The van der Waals surface area contributed by atoms with Crippen LogP contribution < -0.4 is 9.59 Å². The molecule has 0 amide bonds. The number of hydrogen-bond donors (Lipinski definition) is 0. The van der Waals surface area contributed by atoms with Crippen LogP contribution >= 0.6 is 0 Å². The van der Waals surface area contributed by atoms with Crippen LogP contribution in [0, 0.1) is 6.72 Å². The lowest BCUT2D eigenvalue weighted by Gasteiger charge is -2.02. The van der Waals surface area contributed by atoms with E-state index in [2.05, 4.69) is 37.9 Å². The summed E-state index contributed by atoms with van der Waals surface area (Å²) in [5.74, 6) is 0. The van der Waals surface area contributed by atoms with E-state index in [1.165, 1.54) is 16.5 Å². The quantitative estimate of drug-likeness (QED) is 0.541. The maximum atomic E-state index is 3.96. The zero-order valence-corrected chi connectivity index (χ0v) is 8.40. The van der Waals surface area contributed by atoms with Crippen molar-refractivity contribution in [3.63, 3.8) is 0 Å². The fraction of sp³-hybridized carbons (Fsp3) is 0.154. The molecule has 0 atom stereocenters. The van der Waals surface area contributed by atoms with E-state index in [1.807, 2.05) is 22.6 Å². The molecule has 1 aliphatic carbocycles. The fourth-order valence-corrected chi connectivity index (χ4v) is 1.60. The monoisotopic (exact) mass is 184 g/mol. The number of hydrogen-bond acceptors (Lipinski definition) is 0. The van der Waals surface area contributed by atoms with E-state index in [1.54, 1.807) is 0 Å². The van der Waals surface area contributed by atoms with Gasteiger partial charge >= 0.3 is 0 Å². The van der Waals surface area contributed by atoms with Gasteiger partial charge in [-0.15, -0.1) is 0 Å². The van der Waals surface area contributed by atoms with Gasteiger partial charge in [-0.3, -0.25) is 0 Å². The number of rotatable bonds is 0. The summed E-state index contributed by atoms with van der Waals surface area (Å²) in [7, 11) is 0. The Bertz CT molecular complexity index is 506. The van der Waals surface area contributed by atoms with Gasteiger partial charge in [0.05, 0.1) is 0 Å². The van der Waals surface area contributed by atoms with Gasteiger partial charge in [-0.1, -0.05) is 23.8 Å². The molecule has 0 spiro atoms. The molecule has 0 radical (unpaired) electrons. The van der Waals surface area contributed by atoms with Crippen LogP contribution in [-0.4, -0.2) is 0 Å². The Hall–Kier alpha value is -1.63. The van der Waals surface area contributed by atoms with E-state index in [0.29, 0.717) is 0 Å². The van der Waals surface area contributed by atoms with Gasteiger partial charge in [0.25, 0.3) is 0 Å². The third-order valence-electron chi connectivity index (χ3n) is 2.46. The summed E-state index contributed by atoms with van der Waals surface area (Å²) in [5, 5.41) is 1.19. The largest absolute Gasteiger partial charge is 0.213 e. The lowest BCUT2D eigenvalue weighted by Crippen LogP contribution is -2.36. The van der Waals surface area contributed by atoms with Crippen molar-refractivity contribution in [1.29, 1.82) is 0 Å². The zero-order chi connectivity index (χ0) is 9.97. The summed E-state index contributed by atoms with van der Waals surface area (Å²) in [5.41, 5.74) is 2.66. The lowest BCUT2D eigenvalue weighted by atomic mass is 10.0. The van der Waals surface area contributed by atoms with E-state index in [4.69, 9.17) is 0 Å². The minimum Gasteiger partial charge on any atom is -0.174 e. The molecule has 2 rings (SSSR count). The van der Waals surface area contributed by atoms with Crippen LogP contribution in [0.15, 0.2) is 48.2 Å². The second-order valence-corrected chi connectivity index (χ2v) is 3.57. The van der Waals surface area contributed by atoms with Crippen molar-refractivity contribution in [3.8, 4) is 0 Å². The van der Waals surface area contributed by atoms with Crippen LogP contribution in [0.2, 0.25) is 0 Å². The fourth-order valence-electron chi connectivity index (χ4n) is 1.60. The Kier molecular flexibility index (Phi) is 2.32. The molecule has 14 heavy (non-hydrogen) atoms. The predicted molar refractivity (Wildman–Crippen MR) is 57.9 cm³/mol. The van der Waals surface area contributed by atoms with Gasteiger partial charge in [0.15, 0.2) is 6.20 Å². The highest BCUT2D eigenvalue weighted by Crippen LogP contribution is 2.13. The third-order valence-corrected chi connectivity index (χ3v) is 2.46. The van der Waals surface area contributed by atoms with Crippen LogP contribution in [0.1, 0.15) is 13.3 Å². The molecule has 1 nitrogen and oxygen atoms in total. The Morgan fingerprint density at radius 1 is 1.29 bits per heavy atom. The van der Waals surface area contributed by atoms with Crippen LogP contribution in [0.3, 0.4) is 0 Å². The average molecular weight is 184 g/mol. The van der Waals surface area contributed by atoms with Crippen molar-refractivity contribution in [3.05, 3.63) is 60.3 Å². The van der Waals surface area contributed by atoms with Crippen molar-refractivity contribution in [2.24, 2.45) is 0 Å². The van der Waals surface area contributed by atoms with Gasteiger partial charge in [0.2, 0.25) is 5.35 Å². The molecule has 70 valence electrons. The predicted octanol–water partition coefficient (Wildman–Crippen LogP) is 1.67. The van der Waals surface area contributed by atoms with Gasteiger partial charge in [-0.05, 0) is 19.4 Å². The molecular formula is C13H14N+. The molecule has 1 aromatic heterocycles. The van der Waals surface area contributed by atoms with Crippen LogP contribution in [0.25, 0.3) is 5.57 Å². The van der Waals surface area contributed by atoms with E-state index in [9.17, 15) is 0 Å². The standard InChI is InChI=1S/C13H14N/c1-11-6-8-12(9-7-11)13-5-3-4-10-14(13)2/h3-8,10H,2,9H2,1H3/q+1. The van der Waals surface area contributed by atoms with Gasteiger partial charge in [-0.2, -0.15) is 4.24 Å². The molecule has 0 saturated carbocycles. The zero-order valence-electron chi connectivity index (χ0n) is 8.40. The maximum Gasteiger partial charge on any atom is 0.213 e. The highest BCUT2D eigenvalue weighted by Gasteiger charge is 2.03. The number of aromatic nitrogens is 1. The highest BCUT2D eigenvalue weighted by molar-refractivity contribution is 5.60. The van der Waals surface area contributed by atoms with Crippen molar-refractivity contribution >= 4 is 5.57 Å². The second kappa shape index (κ2) is 3.62.